The highest BCUT2D eigenvalue weighted by Crippen LogP contribution is 2.24. The van der Waals surface area contributed by atoms with Gasteiger partial charge in [-0.05, 0) is 39.3 Å². The largest absolute Gasteiger partial charge is 0.315 e. The molecular formula is C15H27ClN4. The molecule has 1 saturated heterocycles. The van der Waals surface area contributed by atoms with Crippen LogP contribution in [0.3, 0.4) is 0 Å². The number of hydrogen-bond donors (Lipinski definition) is 1. The first kappa shape index (κ1) is 15.8. The first-order valence-electron chi connectivity index (χ1n) is 7.90. The Morgan fingerprint density at radius 1 is 1.40 bits per heavy atom. The molecule has 1 atom stereocenters. The molecule has 0 spiro atoms. The van der Waals surface area contributed by atoms with Crippen molar-refractivity contribution in [3.8, 4) is 0 Å². The molecule has 4 nitrogen and oxygen atoms in total. The molecule has 0 aliphatic carbocycles. The van der Waals surface area contributed by atoms with Crippen molar-refractivity contribution in [1.82, 2.24) is 20.0 Å². The summed E-state index contributed by atoms with van der Waals surface area (Å²) in [5.74, 6) is 0. The monoisotopic (exact) mass is 298 g/mol. The number of hydrogen-bond acceptors (Lipinski definition) is 3. The van der Waals surface area contributed by atoms with E-state index in [1.165, 1.54) is 18.5 Å². The van der Waals surface area contributed by atoms with Crippen molar-refractivity contribution < 1.29 is 0 Å². The van der Waals surface area contributed by atoms with Gasteiger partial charge in [-0.2, -0.15) is 5.10 Å². The summed E-state index contributed by atoms with van der Waals surface area (Å²) < 4.78 is 2.08. The molecule has 1 unspecified atom stereocenters. The van der Waals surface area contributed by atoms with Crippen LogP contribution in [0.1, 0.15) is 45.0 Å². The summed E-state index contributed by atoms with van der Waals surface area (Å²) in [5, 5.41) is 8.96. The van der Waals surface area contributed by atoms with Crippen LogP contribution >= 0.6 is 11.6 Å². The topological polar surface area (TPSA) is 33.1 Å². The lowest BCUT2D eigenvalue weighted by atomic mass is 10.2. The second-order valence-electron chi connectivity index (χ2n) is 5.49. The summed E-state index contributed by atoms with van der Waals surface area (Å²) in [5.41, 5.74) is 2.22. The van der Waals surface area contributed by atoms with Gasteiger partial charge in [0.2, 0.25) is 0 Å². The molecule has 1 N–H and O–H groups in total. The van der Waals surface area contributed by atoms with Crippen molar-refractivity contribution in [1.29, 1.82) is 0 Å². The minimum absolute atomic E-state index is 0.635. The summed E-state index contributed by atoms with van der Waals surface area (Å²) in [4.78, 5) is 2.56. The third-order valence-electron chi connectivity index (χ3n) is 4.11. The molecule has 0 aromatic carbocycles. The van der Waals surface area contributed by atoms with Gasteiger partial charge in [-0.1, -0.05) is 25.4 Å². The number of aryl methyl sites for hydroxylation is 2. The van der Waals surface area contributed by atoms with E-state index in [0.29, 0.717) is 6.04 Å². The van der Waals surface area contributed by atoms with Crippen molar-refractivity contribution >= 4 is 11.6 Å². The van der Waals surface area contributed by atoms with E-state index < -0.39 is 0 Å². The SMILES string of the molecule is CCCN(Cc1c(Cl)c(CC)nn1CC)C1CCNC1. The van der Waals surface area contributed by atoms with Crippen LogP contribution in [0.5, 0.6) is 0 Å². The fourth-order valence-electron chi connectivity index (χ4n) is 2.99. The van der Waals surface area contributed by atoms with Crippen LogP contribution in [-0.4, -0.2) is 40.4 Å². The van der Waals surface area contributed by atoms with Crippen molar-refractivity contribution in [3.63, 3.8) is 0 Å². The lowest BCUT2D eigenvalue weighted by Crippen LogP contribution is -2.37. The molecule has 0 saturated carbocycles. The standard InChI is InChI=1S/C15H27ClN4/c1-4-9-19(12-7-8-17-10-12)11-14-15(16)13(5-2)18-20(14)6-3/h12,17H,4-11H2,1-3H3. The normalized spacial score (nSPS) is 19.1. The zero-order valence-electron chi connectivity index (χ0n) is 13.0. The quantitative estimate of drug-likeness (QED) is 0.840. The lowest BCUT2D eigenvalue weighted by molar-refractivity contribution is 0.194. The van der Waals surface area contributed by atoms with Gasteiger partial charge in [-0.3, -0.25) is 9.58 Å². The first-order chi connectivity index (χ1) is 9.71. The minimum Gasteiger partial charge on any atom is -0.315 e. The second-order valence-corrected chi connectivity index (χ2v) is 5.87. The molecular weight excluding hydrogens is 272 g/mol. The fourth-order valence-corrected chi connectivity index (χ4v) is 3.32. The Morgan fingerprint density at radius 2 is 2.20 bits per heavy atom. The molecule has 0 radical (unpaired) electrons. The molecule has 1 aliphatic rings. The van der Waals surface area contributed by atoms with E-state index in [1.54, 1.807) is 0 Å². The summed E-state index contributed by atoms with van der Waals surface area (Å²) in [7, 11) is 0. The molecule has 2 heterocycles. The molecule has 1 fully saturated rings. The van der Waals surface area contributed by atoms with Crippen LogP contribution in [0.15, 0.2) is 0 Å². The van der Waals surface area contributed by atoms with E-state index >= 15 is 0 Å². The zero-order valence-corrected chi connectivity index (χ0v) is 13.7. The Bertz CT molecular complexity index is 424. The van der Waals surface area contributed by atoms with Crippen molar-refractivity contribution in [2.24, 2.45) is 0 Å². The summed E-state index contributed by atoms with van der Waals surface area (Å²) >= 11 is 6.53. The average molecular weight is 299 g/mol. The van der Waals surface area contributed by atoms with Gasteiger partial charge in [0.1, 0.15) is 0 Å². The Labute approximate surface area is 127 Å². The molecule has 5 heteroatoms. The first-order valence-corrected chi connectivity index (χ1v) is 8.27. The van der Waals surface area contributed by atoms with Crippen LogP contribution < -0.4 is 5.32 Å². The maximum absolute atomic E-state index is 6.53. The van der Waals surface area contributed by atoms with Gasteiger partial charge in [0.25, 0.3) is 0 Å². The zero-order chi connectivity index (χ0) is 14.5. The highest BCUT2D eigenvalue weighted by molar-refractivity contribution is 6.31. The third kappa shape index (κ3) is 3.35. The number of aromatic nitrogens is 2. The van der Waals surface area contributed by atoms with Crippen LogP contribution in [0.25, 0.3) is 0 Å². The van der Waals surface area contributed by atoms with E-state index in [2.05, 4.69) is 40.8 Å². The van der Waals surface area contributed by atoms with E-state index in [1.807, 2.05) is 0 Å². The predicted octanol–water partition coefficient (Wildman–Crippen LogP) is 2.69. The number of nitrogens with zero attached hydrogens (tertiary/aromatic N) is 3. The van der Waals surface area contributed by atoms with Gasteiger partial charge in [0.05, 0.1) is 16.4 Å². The van der Waals surface area contributed by atoms with Gasteiger partial charge in [-0.15, -0.1) is 0 Å². The molecule has 1 aromatic heterocycles. The Morgan fingerprint density at radius 3 is 2.75 bits per heavy atom. The van der Waals surface area contributed by atoms with Gasteiger partial charge in [0.15, 0.2) is 0 Å². The Hall–Kier alpha value is -0.580. The minimum atomic E-state index is 0.635. The Balaban J connectivity index is 2.18. The molecule has 1 aliphatic heterocycles. The Kier molecular flexibility index (Phi) is 5.87. The van der Waals surface area contributed by atoms with E-state index in [4.69, 9.17) is 11.6 Å². The molecule has 0 amide bonds. The van der Waals surface area contributed by atoms with Crippen molar-refractivity contribution in [2.45, 2.75) is 59.2 Å². The van der Waals surface area contributed by atoms with Crippen molar-refractivity contribution in [3.05, 3.63) is 16.4 Å². The predicted molar refractivity (Wildman–Crippen MR) is 84.3 cm³/mol. The van der Waals surface area contributed by atoms with E-state index in [9.17, 15) is 0 Å². The van der Waals surface area contributed by atoms with Crippen LogP contribution in [0, 0.1) is 0 Å². The number of nitrogens with one attached hydrogen (secondary N) is 1. The molecule has 1 aromatic rings. The summed E-state index contributed by atoms with van der Waals surface area (Å²) in [6.45, 7) is 11.6. The maximum atomic E-state index is 6.53. The lowest BCUT2D eigenvalue weighted by Gasteiger charge is -2.28. The van der Waals surface area contributed by atoms with Crippen LogP contribution in [0.4, 0.5) is 0 Å². The third-order valence-corrected chi connectivity index (χ3v) is 4.54. The van der Waals surface area contributed by atoms with E-state index in [-0.39, 0.29) is 0 Å². The van der Waals surface area contributed by atoms with E-state index in [0.717, 1.165) is 49.9 Å². The van der Waals surface area contributed by atoms with Gasteiger partial charge in [-0.25, -0.2) is 0 Å². The van der Waals surface area contributed by atoms with Crippen LogP contribution in [0.2, 0.25) is 5.02 Å². The number of rotatable bonds is 7. The second kappa shape index (κ2) is 7.43. The van der Waals surface area contributed by atoms with Crippen LogP contribution in [-0.2, 0) is 19.5 Å². The fraction of sp³-hybridized carbons (Fsp3) is 0.800. The smallest absolute Gasteiger partial charge is 0.0863 e. The molecule has 114 valence electrons. The summed E-state index contributed by atoms with van der Waals surface area (Å²) in [6.07, 6.45) is 3.31. The highest BCUT2D eigenvalue weighted by atomic mass is 35.5. The average Bonchev–Trinajstić information content (AvgIpc) is 3.07. The summed E-state index contributed by atoms with van der Waals surface area (Å²) in [6, 6.07) is 0.635. The maximum Gasteiger partial charge on any atom is 0.0863 e. The van der Waals surface area contributed by atoms with Gasteiger partial charge < -0.3 is 5.32 Å². The van der Waals surface area contributed by atoms with Crippen molar-refractivity contribution in [2.75, 3.05) is 19.6 Å². The molecule has 20 heavy (non-hydrogen) atoms. The molecule has 0 bridgehead atoms. The highest BCUT2D eigenvalue weighted by Gasteiger charge is 2.24. The van der Waals surface area contributed by atoms with Gasteiger partial charge in [0, 0.05) is 25.7 Å². The number of halogens is 1. The molecule has 2 rings (SSSR count). The van der Waals surface area contributed by atoms with Gasteiger partial charge >= 0.3 is 0 Å².